The number of amides is 1. The minimum absolute atomic E-state index is 0.0449. The van der Waals surface area contributed by atoms with E-state index in [1.807, 2.05) is 12.1 Å². The van der Waals surface area contributed by atoms with Gasteiger partial charge < -0.3 is 10.1 Å². The number of nitrogens with one attached hydrogen (secondary N) is 1. The van der Waals surface area contributed by atoms with E-state index in [2.05, 4.69) is 20.8 Å². The number of hydrogen-bond donors (Lipinski definition) is 1. The summed E-state index contributed by atoms with van der Waals surface area (Å²) in [6.45, 7) is 0. The minimum Gasteiger partial charge on any atom is -0.494 e. The number of benzene rings is 2. The van der Waals surface area contributed by atoms with E-state index in [0.29, 0.717) is 22.3 Å². The van der Waals surface area contributed by atoms with Crippen molar-refractivity contribution in [2.45, 2.75) is 5.16 Å². The molecular weight excluding hydrogens is 381 g/mol. The summed E-state index contributed by atoms with van der Waals surface area (Å²) >= 11 is 7.05. The Morgan fingerprint density at radius 2 is 2.15 bits per heavy atom. The number of para-hydroxylation sites is 2. The second kappa shape index (κ2) is 8.15. The SMILES string of the molecule is COc1ccccc1-n1nnnc1SCC(=O)Nc1ccc(F)cc1Cl. The molecule has 3 rings (SSSR count). The lowest BCUT2D eigenvalue weighted by Gasteiger charge is -2.09. The van der Waals surface area contributed by atoms with E-state index in [4.69, 9.17) is 16.3 Å². The lowest BCUT2D eigenvalue weighted by atomic mass is 10.3. The van der Waals surface area contributed by atoms with E-state index < -0.39 is 5.82 Å². The summed E-state index contributed by atoms with van der Waals surface area (Å²) in [7, 11) is 1.55. The van der Waals surface area contributed by atoms with Crippen LogP contribution in [0.4, 0.5) is 10.1 Å². The highest BCUT2D eigenvalue weighted by Crippen LogP contribution is 2.26. The van der Waals surface area contributed by atoms with Crippen molar-refractivity contribution in [2.24, 2.45) is 0 Å². The van der Waals surface area contributed by atoms with E-state index in [1.54, 1.807) is 19.2 Å². The third-order valence-corrected chi connectivity index (χ3v) is 4.52. The number of tetrazole rings is 1. The molecule has 7 nitrogen and oxygen atoms in total. The zero-order chi connectivity index (χ0) is 18.5. The van der Waals surface area contributed by atoms with Crippen molar-refractivity contribution < 1.29 is 13.9 Å². The number of nitrogens with zero attached hydrogens (tertiary/aromatic N) is 4. The number of carbonyl (C=O) groups excluding carboxylic acids is 1. The molecule has 0 atom stereocenters. The molecule has 26 heavy (non-hydrogen) atoms. The second-order valence-corrected chi connectivity index (χ2v) is 6.36. The molecule has 134 valence electrons. The van der Waals surface area contributed by atoms with Gasteiger partial charge in [-0.1, -0.05) is 35.5 Å². The van der Waals surface area contributed by atoms with E-state index >= 15 is 0 Å². The van der Waals surface area contributed by atoms with Gasteiger partial charge in [0.15, 0.2) is 0 Å². The standard InChI is InChI=1S/C16H13ClFN5O2S/c1-25-14-5-3-2-4-13(14)23-16(20-21-22-23)26-9-15(24)19-12-7-6-10(18)8-11(12)17/h2-8H,9H2,1H3,(H,19,24). The van der Waals surface area contributed by atoms with Gasteiger partial charge in [0.1, 0.15) is 17.3 Å². The van der Waals surface area contributed by atoms with Gasteiger partial charge in [0, 0.05) is 0 Å². The van der Waals surface area contributed by atoms with Gasteiger partial charge in [-0.05, 0) is 40.8 Å². The summed E-state index contributed by atoms with van der Waals surface area (Å²) < 4.78 is 19.8. The van der Waals surface area contributed by atoms with Crippen molar-refractivity contribution in [3.05, 3.63) is 53.3 Å². The van der Waals surface area contributed by atoms with Crippen LogP contribution in [-0.4, -0.2) is 39.0 Å². The van der Waals surface area contributed by atoms with Crippen LogP contribution in [0.3, 0.4) is 0 Å². The van der Waals surface area contributed by atoms with Crippen LogP contribution in [-0.2, 0) is 4.79 Å². The van der Waals surface area contributed by atoms with Crippen LogP contribution in [0.5, 0.6) is 5.75 Å². The molecule has 0 fully saturated rings. The topological polar surface area (TPSA) is 81.9 Å². The lowest BCUT2D eigenvalue weighted by Crippen LogP contribution is -2.15. The maximum absolute atomic E-state index is 13.0. The number of carbonyl (C=O) groups is 1. The maximum Gasteiger partial charge on any atom is 0.234 e. The van der Waals surface area contributed by atoms with Gasteiger partial charge >= 0.3 is 0 Å². The van der Waals surface area contributed by atoms with Crippen molar-refractivity contribution in [3.63, 3.8) is 0 Å². The fourth-order valence-corrected chi connectivity index (χ4v) is 3.03. The normalized spacial score (nSPS) is 10.6. The molecule has 3 aromatic rings. The van der Waals surface area contributed by atoms with Crippen LogP contribution in [0.2, 0.25) is 5.02 Å². The predicted octanol–water partition coefficient (Wildman–Crippen LogP) is 3.19. The molecule has 1 heterocycles. The number of methoxy groups -OCH3 is 1. The number of aromatic nitrogens is 4. The van der Waals surface area contributed by atoms with Gasteiger partial charge in [-0.15, -0.1) is 5.10 Å². The third-order valence-electron chi connectivity index (χ3n) is 3.29. The summed E-state index contributed by atoms with van der Waals surface area (Å²) in [6, 6.07) is 11.0. The Kier molecular flexibility index (Phi) is 5.69. The van der Waals surface area contributed by atoms with Crippen molar-refractivity contribution in [1.29, 1.82) is 0 Å². The first kappa shape index (κ1) is 18.2. The van der Waals surface area contributed by atoms with Gasteiger partial charge in [-0.25, -0.2) is 4.39 Å². The van der Waals surface area contributed by atoms with Crippen LogP contribution in [0, 0.1) is 5.82 Å². The summed E-state index contributed by atoms with van der Waals surface area (Å²) in [4.78, 5) is 12.1. The molecule has 0 bridgehead atoms. The molecule has 0 saturated heterocycles. The third kappa shape index (κ3) is 4.12. The highest BCUT2D eigenvalue weighted by atomic mass is 35.5. The summed E-state index contributed by atoms with van der Waals surface area (Å²) in [5.74, 6) is -0.149. The number of rotatable bonds is 6. The Bertz CT molecular complexity index is 937. The summed E-state index contributed by atoms with van der Waals surface area (Å²) in [5.41, 5.74) is 0.993. The Balaban J connectivity index is 1.69. The van der Waals surface area contributed by atoms with Crippen LogP contribution >= 0.6 is 23.4 Å². The summed E-state index contributed by atoms with van der Waals surface area (Å²) in [6.07, 6.45) is 0. The second-order valence-electron chi connectivity index (χ2n) is 5.01. The van der Waals surface area contributed by atoms with Crippen molar-refractivity contribution in [1.82, 2.24) is 20.2 Å². The molecule has 0 unspecified atom stereocenters. The molecule has 10 heteroatoms. The molecule has 0 aliphatic rings. The van der Waals surface area contributed by atoms with Crippen molar-refractivity contribution >= 4 is 35.0 Å². The van der Waals surface area contributed by atoms with Gasteiger partial charge in [0.05, 0.1) is 23.6 Å². The highest BCUT2D eigenvalue weighted by molar-refractivity contribution is 7.99. The van der Waals surface area contributed by atoms with Crippen molar-refractivity contribution in [2.75, 3.05) is 18.2 Å². The van der Waals surface area contributed by atoms with Gasteiger partial charge in [-0.3, -0.25) is 4.79 Å². The largest absolute Gasteiger partial charge is 0.494 e. The van der Waals surface area contributed by atoms with Crippen molar-refractivity contribution in [3.8, 4) is 11.4 Å². The first-order valence-corrected chi connectivity index (χ1v) is 8.74. The molecule has 0 saturated carbocycles. The molecule has 0 radical (unpaired) electrons. The van der Waals surface area contributed by atoms with E-state index in [0.717, 1.165) is 17.8 Å². The quantitative estimate of drug-likeness (QED) is 0.648. The Hall–Kier alpha value is -2.65. The highest BCUT2D eigenvalue weighted by Gasteiger charge is 2.15. The smallest absolute Gasteiger partial charge is 0.234 e. The van der Waals surface area contributed by atoms with E-state index in [-0.39, 0.29) is 16.7 Å². The number of anilines is 1. The number of ether oxygens (including phenoxy) is 1. The fraction of sp³-hybridized carbons (Fsp3) is 0.125. The monoisotopic (exact) mass is 393 g/mol. The first-order chi connectivity index (χ1) is 12.6. The molecule has 1 amide bonds. The minimum atomic E-state index is -0.474. The number of hydrogen-bond acceptors (Lipinski definition) is 6. The van der Waals surface area contributed by atoms with Gasteiger partial charge in [-0.2, -0.15) is 4.68 Å². The van der Waals surface area contributed by atoms with E-state index in [1.165, 1.54) is 16.8 Å². The average molecular weight is 394 g/mol. The van der Waals surface area contributed by atoms with Gasteiger partial charge in [0.2, 0.25) is 11.1 Å². The molecule has 2 aromatic carbocycles. The first-order valence-electron chi connectivity index (χ1n) is 7.38. The molecular formula is C16H13ClFN5O2S. The number of thioether (sulfide) groups is 1. The van der Waals surface area contributed by atoms with Gasteiger partial charge in [0.25, 0.3) is 0 Å². The van der Waals surface area contributed by atoms with Crippen LogP contribution < -0.4 is 10.1 Å². The molecule has 0 spiro atoms. The predicted molar refractivity (Wildman–Crippen MR) is 96.5 cm³/mol. The Morgan fingerprint density at radius 1 is 1.35 bits per heavy atom. The Labute approximate surface area is 157 Å². The summed E-state index contributed by atoms with van der Waals surface area (Å²) in [5, 5.41) is 14.7. The number of halogens is 2. The fourth-order valence-electron chi connectivity index (χ4n) is 2.13. The van der Waals surface area contributed by atoms with Crippen LogP contribution in [0.15, 0.2) is 47.6 Å². The molecule has 1 N–H and O–H groups in total. The zero-order valence-electron chi connectivity index (χ0n) is 13.5. The molecule has 0 aliphatic carbocycles. The van der Waals surface area contributed by atoms with Crippen LogP contribution in [0.25, 0.3) is 5.69 Å². The molecule has 1 aromatic heterocycles. The zero-order valence-corrected chi connectivity index (χ0v) is 15.1. The average Bonchev–Trinajstić information content (AvgIpc) is 3.10. The maximum atomic E-state index is 13.0. The lowest BCUT2D eigenvalue weighted by molar-refractivity contribution is -0.113. The van der Waals surface area contributed by atoms with Crippen LogP contribution in [0.1, 0.15) is 0 Å². The molecule has 0 aliphatic heterocycles. The van der Waals surface area contributed by atoms with E-state index in [9.17, 15) is 9.18 Å². The Morgan fingerprint density at radius 3 is 2.92 bits per heavy atom.